The number of nitrogens with one attached hydrogen (secondary N) is 1. The van der Waals surface area contributed by atoms with Gasteiger partial charge in [0.1, 0.15) is 17.4 Å². The number of carbonyl (C=O) groups is 3. The van der Waals surface area contributed by atoms with E-state index < -0.39 is 24.5 Å². The van der Waals surface area contributed by atoms with Crippen LogP contribution in [0.25, 0.3) is 6.08 Å². The summed E-state index contributed by atoms with van der Waals surface area (Å²) >= 11 is 0. The molecular formula is C22H20N2O6. The van der Waals surface area contributed by atoms with Crippen molar-refractivity contribution < 1.29 is 28.6 Å². The minimum Gasteiger partial charge on any atom is -0.497 e. The molecule has 8 heteroatoms. The Morgan fingerprint density at radius 3 is 2.27 bits per heavy atom. The number of methoxy groups -OCH3 is 1. The Bertz CT molecular complexity index is 972. The summed E-state index contributed by atoms with van der Waals surface area (Å²) in [7, 11) is 1.53. The lowest BCUT2D eigenvalue weighted by molar-refractivity contribution is -0.142. The third-order valence-corrected chi connectivity index (χ3v) is 3.78. The largest absolute Gasteiger partial charge is 0.497 e. The molecule has 0 fully saturated rings. The van der Waals surface area contributed by atoms with E-state index in [1.165, 1.54) is 37.5 Å². The highest BCUT2D eigenvalue weighted by Gasteiger charge is 2.14. The van der Waals surface area contributed by atoms with Crippen molar-refractivity contribution in [2.45, 2.75) is 6.92 Å². The van der Waals surface area contributed by atoms with E-state index in [4.69, 9.17) is 14.2 Å². The van der Waals surface area contributed by atoms with Gasteiger partial charge in [-0.15, -0.1) is 0 Å². The molecule has 0 aliphatic carbocycles. The van der Waals surface area contributed by atoms with E-state index in [2.05, 4.69) is 5.32 Å². The number of anilines is 1. The number of nitriles is 1. The summed E-state index contributed by atoms with van der Waals surface area (Å²) in [6.45, 7) is 1.40. The summed E-state index contributed by atoms with van der Waals surface area (Å²) in [6, 6.07) is 14.5. The van der Waals surface area contributed by atoms with Crippen molar-refractivity contribution in [1.29, 1.82) is 5.26 Å². The lowest BCUT2D eigenvalue weighted by Crippen LogP contribution is -2.21. The van der Waals surface area contributed by atoms with Gasteiger partial charge in [0.2, 0.25) is 0 Å². The summed E-state index contributed by atoms with van der Waals surface area (Å²) in [6.07, 6.45) is 1.35. The average Bonchev–Trinajstić information content (AvgIpc) is 2.77. The number of hydrogen-bond donors (Lipinski definition) is 1. The molecule has 0 saturated carbocycles. The molecule has 0 aliphatic heterocycles. The van der Waals surface area contributed by atoms with E-state index in [0.717, 1.165) is 0 Å². The maximum Gasteiger partial charge on any atom is 0.349 e. The highest BCUT2D eigenvalue weighted by atomic mass is 16.5. The molecule has 0 spiro atoms. The van der Waals surface area contributed by atoms with E-state index in [9.17, 15) is 19.6 Å². The van der Waals surface area contributed by atoms with E-state index >= 15 is 0 Å². The zero-order valence-electron chi connectivity index (χ0n) is 16.5. The van der Waals surface area contributed by atoms with Crippen LogP contribution in [0.4, 0.5) is 5.69 Å². The summed E-state index contributed by atoms with van der Waals surface area (Å²) in [4.78, 5) is 35.7. The Labute approximate surface area is 173 Å². The minimum absolute atomic E-state index is 0.244. The van der Waals surface area contributed by atoms with Crippen molar-refractivity contribution in [3.63, 3.8) is 0 Å². The second-order valence-corrected chi connectivity index (χ2v) is 5.87. The number of esters is 2. The van der Waals surface area contributed by atoms with Crippen molar-refractivity contribution in [2.75, 3.05) is 25.6 Å². The molecule has 30 heavy (non-hydrogen) atoms. The van der Waals surface area contributed by atoms with Gasteiger partial charge in [-0.3, -0.25) is 4.79 Å². The number of carbonyl (C=O) groups excluding carboxylic acids is 3. The third-order valence-electron chi connectivity index (χ3n) is 3.78. The second-order valence-electron chi connectivity index (χ2n) is 5.87. The van der Waals surface area contributed by atoms with Crippen LogP contribution in [0.3, 0.4) is 0 Å². The summed E-state index contributed by atoms with van der Waals surface area (Å²) in [5, 5.41) is 11.7. The fourth-order valence-corrected chi connectivity index (χ4v) is 2.31. The van der Waals surface area contributed by atoms with Crippen LogP contribution in [0, 0.1) is 11.3 Å². The van der Waals surface area contributed by atoms with Crippen molar-refractivity contribution in [3.8, 4) is 11.8 Å². The Morgan fingerprint density at radius 1 is 1.03 bits per heavy atom. The van der Waals surface area contributed by atoms with Gasteiger partial charge in [-0.1, -0.05) is 12.1 Å². The lowest BCUT2D eigenvalue weighted by Gasteiger charge is -2.07. The fraction of sp³-hybridized carbons (Fsp3) is 0.182. The molecule has 0 radical (unpaired) electrons. The van der Waals surface area contributed by atoms with Gasteiger partial charge in [0.05, 0.1) is 19.3 Å². The molecule has 8 nitrogen and oxygen atoms in total. The van der Waals surface area contributed by atoms with Gasteiger partial charge in [0, 0.05) is 5.69 Å². The highest BCUT2D eigenvalue weighted by molar-refractivity contribution is 6.00. The summed E-state index contributed by atoms with van der Waals surface area (Å²) in [5.41, 5.74) is 1.13. The second kappa shape index (κ2) is 11.0. The van der Waals surface area contributed by atoms with Crippen molar-refractivity contribution in [2.24, 2.45) is 0 Å². The number of ether oxygens (including phenoxy) is 3. The lowest BCUT2D eigenvalue weighted by atomic mass is 10.1. The maximum absolute atomic E-state index is 12.1. The van der Waals surface area contributed by atoms with Crippen molar-refractivity contribution >= 4 is 29.6 Å². The molecule has 0 saturated heterocycles. The van der Waals surface area contributed by atoms with Crippen LogP contribution in [-0.4, -0.2) is 38.2 Å². The molecule has 0 atom stereocenters. The first-order valence-electron chi connectivity index (χ1n) is 8.96. The predicted molar refractivity (Wildman–Crippen MR) is 109 cm³/mol. The van der Waals surface area contributed by atoms with Crippen LogP contribution in [-0.2, 0) is 19.1 Å². The van der Waals surface area contributed by atoms with Crippen LogP contribution in [0.2, 0.25) is 0 Å². The molecule has 154 valence electrons. The molecule has 0 bridgehead atoms. The van der Waals surface area contributed by atoms with Gasteiger partial charge >= 0.3 is 11.9 Å². The van der Waals surface area contributed by atoms with Gasteiger partial charge in [-0.25, -0.2) is 9.59 Å². The van der Waals surface area contributed by atoms with Crippen LogP contribution in [0.1, 0.15) is 22.8 Å². The third kappa shape index (κ3) is 6.49. The number of hydrogen-bond acceptors (Lipinski definition) is 7. The molecular weight excluding hydrogens is 388 g/mol. The Kier molecular flexibility index (Phi) is 8.15. The first kappa shape index (κ1) is 22.2. The average molecular weight is 408 g/mol. The quantitative estimate of drug-likeness (QED) is 0.406. The van der Waals surface area contributed by atoms with E-state index in [1.54, 1.807) is 37.3 Å². The maximum atomic E-state index is 12.1. The number of benzene rings is 2. The molecule has 0 aliphatic rings. The molecule has 2 aromatic rings. The van der Waals surface area contributed by atoms with Crippen molar-refractivity contribution in [3.05, 3.63) is 65.2 Å². The first-order valence-corrected chi connectivity index (χ1v) is 8.96. The van der Waals surface area contributed by atoms with Gasteiger partial charge < -0.3 is 19.5 Å². The smallest absolute Gasteiger partial charge is 0.349 e. The zero-order valence-corrected chi connectivity index (χ0v) is 16.5. The first-order chi connectivity index (χ1) is 14.5. The molecule has 2 rings (SSSR count). The SMILES string of the molecule is CCOC(=O)c1ccc(NC(=O)COC(=O)/C(C#N)=C/c2ccc(OC)cc2)cc1. The Hall–Kier alpha value is -4.12. The monoisotopic (exact) mass is 408 g/mol. The number of amides is 1. The Morgan fingerprint density at radius 2 is 1.70 bits per heavy atom. The molecule has 0 aromatic heterocycles. The summed E-state index contributed by atoms with van der Waals surface area (Å²) in [5.74, 6) is -1.33. The highest BCUT2D eigenvalue weighted by Crippen LogP contribution is 2.15. The number of rotatable bonds is 8. The number of nitrogens with zero attached hydrogens (tertiary/aromatic N) is 1. The van der Waals surface area contributed by atoms with Crippen LogP contribution >= 0.6 is 0 Å². The molecule has 2 aromatic carbocycles. The van der Waals surface area contributed by atoms with E-state index in [0.29, 0.717) is 22.6 Å². The predicted octanol–water partition coefficient (Wildman–Crippen LogP) is 2.96. The molecule has 1 amide bonds. The van der Waals surface area contributed by atoms with Gasteiger partial charge in [0.25, 0.3) is 5.91 Å². The van der Waals surface area contributed by atoms with Gasteiger partial charge in [-0.2, -0.15) is 5.26 Å². The zero-order chi connectivity index (χ0) is 21.9. The molecule has 0 heterocycles. The van der Waals surface area contributed by atoms with Crippen LogP contribution < -0.4 is 10.1 Å². The van der Waals surface area contributed by atoms with Crippen LogP contribution in [0.15, 0.2) is 54.1 Å². The molecule has 0 unspecified atom stereocenters. The standard InChI is InChI=1S/C22H20N2O6/c1-3-29-21(26)16-6-8-18(9-7-16)24-20(25)14-30-22(27)17(13-23)12-15-4-10-19(28-2)11-5-15/h4-12H,3,14H2,1-2H3,(H,24,25)/b17-12+. The van der Waals surface area contributed by atoms with Gasteiger partial charge in [0.15, 0.2) is 6.61 Å². The fourth-order valence-electron chi connectivity index (χ4n) is 2.31. The molecule has 1 N–H and O–H groups in total. The van der Waals surface area contributed by atoms with Crippen molar-refractivity contribution in [1.82, 2.24) is 0 Å². The van der Waals surface area contributed by atoms with E-state index in [-0.39, 0.29) is 12.2 Å². The normalized spacial score (nSPS) is 10.5. The Balaban J connectivity index is 1.91. The van der Waals surface area contributed by atoms with Crippen LogP contribution in [0.5, 0.6) is 5.75 Å². The van der Waals surface area contributed by atoms with E-state index in [1.807, 2.05) is 0 Å². The van der Waals surface area contributed by atoms with Gasteiger partial charge in [-0.05, 0) is 55.0 Å². The minimum atomic E-state index is -0.916. The summed E-state index contributed by atoms with van der Waals surface area (Å²) < 4.78 is 14.8. The topological polar surface area (TPSA) is 115 Å².